The number of rotatable bonds is 0. The molecule has 0 aliphatic heterocycles. The Labute approximate surface area is 70.3 Å². The van der Waals surface area contributed by atoms with Crippen molar-refractivity contribution in [2.45, 2.75) is 31.0 Å². The quantitative estimate of drug-likeness (QED) is 0.447. The first-order valence-corrected chi connectivity index (χ1v) is 4.47. The molecule has 11 heavy (non-hydrogen) atoms. The summed E-state index contributed by atoms with van der Waals surface area (Å²) < 4.78 is 0. The summed E-state index contributed by atoms with van der Waals surface area (Å²) in [5.74, 6) is 1.60. The van der Waals surface area contributed by atoms with Crippen LogP contribution < -0.4 is 0 Å². The Morgan fingerprint density at radius 3 is 2.64 bits per heavy atom. The van der Waals surface area contributed by atoms with Crippen molar-refractivity contribution in [2.75, 3.05) is 0 Å². The van der Waals surface area contributed by atoms with Crippen LogP contribution in [0.3, 0.4) is 0 Å². The van der Waals surface area contributed by atoms with E-state index in [0.29, 0.717) is 0 Å². The molecule has 0 saturated heterocycles. The molecule has 0 spiro atoms. The monoisotopic (exact) mass is 140 g/mol. The highest BCUT2D eigenvalue weighted by molar-refractivity contribution is 6.26. The van der Waals surface area contributed by atoms with Crippen LogP contribution in [0.25, 0.3) is 0 Å². The maximum atomic E-state index is 6.18. The third-order valence-corrected chi connectivity index (χ3v) is 3.68. The van der Waals surface area contributed by atoms with Crippen molar-refractivity contribution < 1.29 is 0 Å². The molecule has 3 saturated carbocycles. The fourth-order valence-corrected chi connectivity index (χ4v) is 3.48. The van der Waals surface area contributed by atoms with Crippen LogP contribution in [0.1, 0.15) is 25.7 Å². The van der Waals surface area contributed by atoms with Crippen LogP contribution in [0.4, 0.5) is 0 Å². The van der Waals surface area contributed by atoms with Crippen molar-refractivity contribution in [2.24, 2.45) is 11.8 Å². The second-order valence-corrected chi connectivity index (χ2v) is 4.51. The van der Waals surface area contributed by atoms with Crippen molar-refractivity contribution >= 4 is 15.7 Å². The van der Waals surface area contributed by atoms with Crippen molar-refractivity contribution in [1.82, 2.24) is 0 Å². The molecular weight excluding hydrogens is 130 g/mol. The van der Waals surface area contributed by atoms with Crippen LogP contribution in [0.5, 0.6) is 0 Å². The van der Waals surface area contributed by atoms with Gasteiger partial charge in [-0.15, -0.1) is 5.47 Å². The van der Waals surface area contributed by atoms with Gasteiger partial charge in [-0.25, -0.2) is 0 Å². The molecular formula is C9H10B2. The van der Waals surface area contributed by atoms with E-state index >= 15 is 0 Å². The summed E-state index contributed by atoms with van der Waals surface area (Å²) in [6, 6.07) is 0. The molecule has 2 heteroatoms. The van der Waals surface area contributed by atoms with E-state index in [1.807, 2.05) is 0 Å². The predicted molar refractivity (Wildman–Crippen MR) is 46.7 cm³/mol. The third kappa shape index (κ3) is 0.602. The fraction of sp³-hybridized carbons (Fsp3) is 0.778. The SMILES string of the molecule is [B]C1=C2C3CC(C1)CC2([B])C3. The summed E-state index contributed by atoms with van der Waals surface area (Å²) in [5.41, 5.74) is 2.56. The first-order chi connectivity index (χ1) is 5.19. The van der Waals surface area contributed by atoms with Crippen molar-refractivity contribution in [3.05, 3.63) is 11.0 Å². The zero-order valence-electron chi connectivity index (χ0n) is 6.64. The van der Waals surface area contributed by atoms with E-state index in [0.717, 1.165) is 23.7 Å². The lowest BCUT2D eigenvalue weighted by Crippen LogP contribution is -2.47. The Kier molecular flexibility index (Phi) is 0.944. The van der Waals surface area contributed by atoms with Crippen LogP contribution in [-0.2, 0) is 0 Å². The highest BCUT2D eigenvalue weighted by Crippen LogP contribution is 2.69. The second-order valence-electron chi connectivity index (χ2n) is 4.51. The lowest BCUT2D eigenvalue weighted by Gasteiger charge is -2.61. The normalized spacial score (nSPS) is 52.7. The molecule has 4 bridgehead atoms. The molecule has 52 valence electrons. The minimum absolute atomic E-state index is 0.0654. The lowest BCUT2D eigenvalue weighted by molar-refractivity contribution is 0.141. The molecule has 0 aromatic heterocycles. The van der Waals surface area contributed by atoms with Gasteiger partial charge in [0.05, 0.1) is 7.85 Å². The van der Waals surface area contributed by atoms with Crippen molar-refractivity contribution in [1.29, 1.82) is 0 Å². The molecule has 0 N–H and O–H groups in total. The Hall–Kier alpha value is -0.130. The summed E-state index contributed by atoms with van der Waals surface area (Å²) >= 11 is 0. The molecule has 0 aromatic rings. The van der Waals surface area contributed by atoms with E-state index < -0.39 is 0 Å². The smallest absolute Gasteiger partial charge is 0.107 e. The van der Waals surface area contributed by atoms with Crippen LogP contribution in [0.2, 0.25) is 5.31 Å². The van der Waals surface area contributed by atoms with E-state index in [1.165, 1.54) is 24.8 Å². The van der Waals surface area contributed by atoms with Gasteiger partial charge in [0.2, 0.25) is 0 Å². The molecule has 0 heterocycles. The standard InChI is InChI=1S/C9H10B2/c10-7-2-5-1-6-4-9(11,3-5)8(6)7/h5-6H,1-4H2. The Balaban J connectivity index is 2.14. The van der Waals surface area contributed by atoms with Gasteiger partial charge in [0, 0.05) is 0 Å². The first-order valence-electron chi connectivity index (χ1n) is 4.47. The zero-order chi connectivity index (χ0) is 7.64. The van der Waals surface area contributed by atoms with Gasteiger partial charge in [-0.2, -0.15) is 0 Å². The molecule has 0 amide bonds. The van der Waals surface area contributed by atoms with Gasteiger partial charge in [0.15, 0.2) is 0 Å². The first kappa shape index (κ1) is 6.39. The predicted octanol–water partition coefficient (Wildman–Crippen LogP) is 1.57. The van der Waals surface area contributed by atoms with Gasteiger partial charge in [0.1, 0.15) is 7.85 Å². The zero-order valence-corrected chi connectivity index (χ0v) is 6.64. The van der Waals surface area contributed by atoms with E-state index in [-0.39, 0.29) is 5.31 Å². The summed E-state index contributed by atoms with van der Waals surface area (Å²) in [4.78, 5) is 0. The van der Waals surface area contributed by atoms with Crippen LogP contribution >= 0.6 is 0 Å². The lowest BCUT2D eigenvalue weighted by atomic mass is 9.35. The average molecular weight is 140 g/mol. The minimum atomic E-state index is 0.0654. The molecule has 3 unspecified atom stereocenters. The number of fused-ring (bicyclic) bond motifs is 1. The van der Waals surface area contributed by atoms with Gasteiger partial charge in [-0.1, -0.05) is 5.57 Å². The second kappa shape index (κ2) is 1.62. The Morgan fingerprint density at radius 1 is 1.36 bits per heavy atom. The maximum absolute atomic E-state index is 6.18. The number of hydrogen-bond acceptors (Lipinski definition) is 0. The van der Waals surface area contributed by atoms with E-state index in [1.54, 1.807) is 0 Å². The fourth-order valence-electron chi connectivity index (χ4n) is 3.48. The van der Waals surface area contributed by atoms with Gasteiger partial charge in [-0.05, 0) is 42.8 Å². The summed E-state index contributed by atoms with van der Waals surface area (Å²) in [7, 11) is 12.1. The van der Waals surface area contributed by atoms with E-state index in [9.17, 15) is 0 Å². The average Bonchev–Trinajstić information content (AvgIpc) is 1.81. The van der Waals surface area contributed by atoms with Gasteiger partial charge in [0.25, 0.3) is 0 Å². The summed E-state index contributed by atoms with van der Waals surface area (Å²) in [5, 5.41) is 0.0654. The maximum Gasteiger partial charge on any atom is 0.107 e. The summed E-state index contributed by atoms with van der Waals surface area (Å²) in [6.45, 7) is 0. The Morgan fingerprint density at radius 2 is 2.18 bits per heavy atom. The molecule has 5 rings (SSSR count). The molecule has 5 aliphatic rings. The summed E-state index contributed by atoms with van der Waals surface area (Å²) in [6.07, 6.45) is 4.92. The topological polar surface area (TPSA) is 0 Å². The van der Waals surface area contributed by atoms with Crippen LogP contribution in [0.15, 0.2) is 11.0 Å². The highest BCUT2D eigenvalue weighted by Gasteiger charge is 2.53. The Bertz CT molecular complexity index is 256. The third-order valence-electron chi connectivity index (χ3n) is 3.68. The highest BCUT2D eigenvalue weighted by atomic mass is 14.6. The molecule has 0 nitrogen and oxygen atoms in total. The van der Waals surface area contributed by atoms with E-state index in [2.05, 4.69) is 0 Å². The van der Waals surface area contributed by atoms with Crippen molar-refractivity contribution in [3.8, 4) is 0 Å². The minimum Gasteiger partial charge on any atom is -0.118 e. The molecule has 3 atom stereocenters. The van der Waals surface area contributed by atoms with Gasteiger partial charge < -0.3 is 0 Å². The number of hydrogen-bond donors (Lipinski definition) is 0. The molecule has 3 fully saturated rings. The van der Waals surface area contributed by atoms with Crippen molar-refractivity contribution in [3.63, 3.8) is 0 Å². The van der Waals surface area contributed by atoms with Crippen LogP contribution in [0, 0.1) is 11.8 Å². The molecule has 5 aliphatic carbocycles. The molecule has 4 radical (unpaired) electrons. The number of allylic oxidation sites excluding steroid dienone is 2. The largest absolute Gasteiger partial charge is 0.118 e. The van der Waals surface area contributed by atoms with E-state index in [4.69, 9.17) is 15.7 Å². The molecule has 0 aromatic carbocycles. The van der Waals surface area contributed by atoms with Crippen LogP contribution in [-0.4, -0.2) is 15.7 Å². The van der Waals surface area contributed by atoms with Gasteiger partial charge >= 0.3 is 0 Å². The van der Waals surface area contributed by atoms with Gasteiger partial charge in [-0.3, -0.25) is 0 Å².